The lowest BCUT2D eigenvalue weighted by molar-refractivity contribution is -0.384. The van der Waals surface area contributed by atoms with Gasteiger partial charge in [-0.2, -0.15) is 30.8 Å². The van der Waals surface area contributed by atoms with E-state index in [0.29, 0.717) is 84.5 Å². The first kappa shape index (κ1) is 104. The summed E-state index contributed by atoms with van der Waals surface area (Å²) in [6, 6.07) is 73.9. The molecular weight excluding hydrogens is 1950 g/mol. The zero-order valence-corrected chi connectivity index (χ0v) is 80.2. The molecule has 7 N–H and O–H groups in total. The molecule has 0 unspecified atom stereocenters. The van der Waals surface area contributed by atoms with E-state index in [1.807, 2.05) is 130 Å². The van der Waals surface area contributed by atoms with Crippen molar-refractivity contribution in [1.29, 1.82) is 5.26 Å². The van der Waals surface area contributed by atoms with Crippen molar-refractivity contribution in [3.8, 4) is 34.6 Å². The molecule has 6 aromatic heterocycles. The second-order valence-corrected chi connectivity index (χ2v) is 32.0. The number of hydrazone groups is 4. The van der Waals surface area contributed by atoms with Gasteiger partial charge in [-0.05, 0) is 274 Å². The molecule has 37 heteroatoms. The Morgan fingerprint density at radius 1 is 0.585 bits per heavy atom. The number of carbonyl (C=O) groups excluding carboxylic acids is 10. The number of aryl methyl sites for hydroxylation is 4. The number of benzene rings is 8. The third kappa shape index (κ3) is 30.3. The smallest absolute Gasteiger partial charge is 0.280 e. The van der Waals surface area contributed by atoms with Crippen molar-refractivity contribution in [2.75, 3.05) is 30.8 Å². The number of nitro benzene ring substituents is 1. The summed E-state index contributed by atoms with van der Waals surface area (Å²) < 4.78 is 39.8. The summed E-state index contributed by atoms with van der Waals surface area (Å²) in [6.45, 7) is 15.3. The fourth-order valence-corrected chi connectivity index (χ4v) is 13.7. The zero-order chi connectivity index (χ0) is 102. The quantitative estimate of drug-likeness (QED) is 0.00531. The number of fused-ring (bicyclic) bond motifs is 2. The van der Waals surface area contributed by atoms with Crippen molar-refractivity contribution in [2.24, 2.45) is 20.4 Å². The van der Waals surface area contributed by atoms with Crippen LogP contribution in [0.2, 0.25) is 5.02 Å². The van der Waals surface area contributed by atoms with Gasteiger partial charge in [0.2, 0.25) is 11.8 Å². The lowest BCUT2D eigenvalue weighted by Crippen LogP contribution is -2.42. The number of hydrogen-bond acceptors (Lipinski definition) is 25. The van der Waals surface area contributed by atoms with Crippen LogP contribution in [0.3, 0.4) is 0 Å². The molecular formula is C105H90ClIN16O19. The molecule has 9 amide bonds. The molecule has 2 aliphatic rings. The molecule has 0 aliphatic carbocycles. The van der Waals surface area contributed by atoms with Crippen molar-refractivity contribution in [3.05, 3.63) is 418 Å². The Bertz CT molecular complexity index is 7160. The number of carbonyl (C=O) groups is 10. The molecule has 0 atom stereocenters. The maximum atomic E-state index is 12.9. The van der Waals surface area contributed by atoms with Crippen LogP contribution in [-0.2, 0) is 24.0 Å². The number of hydrogen-bond donors (Lipinski definition) is 7. The van der Waals surface area contributed by atoms with Crippen LogP contribution in [-0.4, -0.2) is 123 Å². The summed E-state index contributed by atoms with van der Waals surface area (Å²) in [5.74, 6) is 2.43. The first-order chi connectivity index (χ1) is 68.4. The molecule has 718 valence electrons. The van der Waals surface area contributed by atoms with E-state index in [0.717, 1.165) is 53.6 Å². The van der Waals surface area contributed by atoms with Gasteiger partial charge in [-0.25, -0.2) is 26.4 Å². The van der Waals surface area contributed by atoms with E-state index in [1.54, 1.807) is 160 Å². The number of nitrogens with zero attached hydrogens (tertiary/aromatic N) is 9. The maximum Gasteiger partial charge on any atom is 0.280 e. The molecule has 0 radical (unpaired) electrons. The van der Waals surface area contributed by atoms with Crippen LogP contribution < -0.4 is 47.1 Å². The van der Waals surface area contributed by atoms with E-state index in [2.05, 4.69) is 92.3 Å². The number of halogens is 2. The molecule has 0 spiro atoms. The molecule has 8 aromatic carbocycles. The fraction of sp³-hybridized carbons (Fsp3) is 0.105. The average molecular weight is 2040 g/mol. The fourth-order valence-electron chi connectivity index (χ4n) is 13.0. The van der Waals surface area contributed by atoms with Crippen LogP contribution in [0.25, 0.3) is 23.5 Å². The number of imide groups is 1. The Labute approximate surface area is 831 Å². The average Bonchev–Trinajstić information content (AvgIpc) is 1.28. The minimum absolute atomic E-state index is 0.0360. The van der Waals surface area contributed by atoms with Crippen molar-refractivity contribution in [3.63, 3.8) is 0 Å². The number of anilines is 2. The van der Waals surface area contributed by atoms with Crippen molar-refractivity contribution in [1.82, 2.24) is 41.7 Å². The van der Waals surface area contributed by atoms with E-state index in [4.69, 9.17) is 43.2 Å². The molecule has 0 saturated heterocycles. The Balaban J connectivity index is 0.000000164. The van der Waals surface area contributed by atoms with Gasteiger partial charge in [-0.3, -0.25) is 63.0 Å². The number of nitro groups is 1. The lowest BCUT2D eigenvalue weighted by atomic mass is 9.87. The zero-order valence-electron chi connectivity index (χ0n) is 77.3. The van der Waals surface area contributed by atoms with Crippen LogP contribution >= 0.6 is 34.2 Å². The van der Waals surface area contributed by atoms with Gasteiger partial charge in [0, 0.05) is 79.5 Å². The van der Waals surface area contributed by atoms with E-state index < -0.39 is 40.4 Å². The summed E-state index contributed by atoms with van der Waals surface area (Å²) in [4.78, 5) is 132. The van der Waals surface area contributed by atoms with Crippen molar-refractivity contribution in [2.45, 2.75) is 54.4 Å². The maximum absolute atomic E-state index is 12.9. The highest BCUT2D eigenvalue weighted by atomic mass is 127. The van der Waals surface area contributed by atoms with Gasteiger partial charge in [0.05, 0.1) is 84.4 Å². The highest BCUT2D eigenvalue weighted by Gasteiger charge is 2.36. The number of aromatic nitrogens is 2. The van der Waals surface area contributed by atoms with Crippen LogP contribution in [0, 0.1) is 52.7 Å². The minimum Gasteiger partial charge on any atom is -0.497 e. The Morgan fingerprint density at radius 3 is 1.70 bits per heavy atom. The number of amides is 9. The Hall–Kier alpha value is -18.4. The highest BCUT2D eigenvalue weighted by molar-refractivity contribution is 14.1. The number of furan rings is 5. The van der Waals surface area contributed by atoms with Gasteiger partial charge < -0.3 is 47.5 Å². The first-order valence-electron chi connectivity index (χ1n) is 42.9. The molecule has 35 nitrogen and oxygen atoms in total. The Morgan fingerprint density at radius 2 is 1.14 bits per heavy atom. The van der Waals surface area contributed by atoms with Crippen LogP contribution in [0.5, 0.6) is 17.2 Å². The molecule has 142 heavy (non-hydrogen) atoms. The first-order valence-corrected chi connectivity index (χ1v) is 44.4. The van der Waals surface area contributed by atoms with Crippen molar-refractivity contribution < 1.29 is 84.4 Å². The third-order valence-electron chi connectivity index (χ3n) is 20.2. The molecule has 0 saturated carbocycles. The molecule has 14 aromatic rings. The number of methoxy groups -OCH3 is 1. The molecule has 2 aliphatic heterocycles. The van der Waals surface area contributed by atoms with E-state index in [9.17, 15) is 63.3 Å². The molecule has 8 heterocycles. The largest absolute Gasteiger partial charge is 0.497 e. The van der Waals surface area contributed by atoms with Gasteiger partial charge in [-0.1, -0.05) is 84.4 Å². The monoisotopic (exact) mass is 2040 g/mol. The number of nitrogens with one attached hydrogen (secondary N) is 7. The van der Waals surface area contributed by atoms with Crippen LogP contribution in [0.4, 0.5) is 17.1 Å². The second-order valence-electron chi connectivity index (χ2n) is 30.4. The van der Waals surface area contributed by atoms with Gasteiger partial charge in [0.1, 0.15) is 75.0 Å². The van der Waals surface area contributed by atoms with E-state index >= 15 is 0 Å². The minimum atomic E-state index is -0.673. The van der Waals surface area contributed by atoms with Crippen LogP contribution in [0.1, 0.15) is 141 Å². The molecule has 0 bridgehead atoms. The SMILES string of the molecule is C=CCN1C(=O)C(C#N)=C(C)/C(=C\c2ccc(-c3cc(C)c(C)cc3[N+](=O)[O-])o2)C1=O.CC(=O)Nc1ccc(C(=O)N/N=C/c2ccc(C)o2)cc1.COc1ccc(/C(C)=N/NC(=O)CNC(=O)/C=C\c2ccco2)cc1.Cc1ccc(/C=N/NC(=O)c2cccc(I)c2)o1.O=C(C1c2ccccc2Oc2ccccc21)n1cc(Cl)cn1.O=C(N/N=C/c1ccco1)c1cccc(NC(=O)c2ccccc2)c1. The summed E-state index contributed by atoms with van der Waals surface area (Å²) in [5.41, 5.74) is 18.0. The van der Waals surface area contributed by atoms with E-state index in [1.165, 1.54) is 92.5 Å². The standard InChI is InChI=1S/C23H19N3O5.C19H15N3O3.C18H19N3O4.C17H11ClN2O2.C15H15N3O3.C13H11IN2O2/c1-5-8-25-22(27)17(15(4)19(12-24)23(25)28)11-16-6-7-21(31-16)18-9-13(2)14(3)10-20(18)26(29)30;23-18(14-6-2-1-3-7-14)21-16-9-4-8-15(12-16)19(24)22-20-13-17-10-5-11-25-17;1-13(14-5-7-15(24-2)8-6-14)20-21-18(23)12-19-17(22)10-9-16-4-3-11-25-16;18-11-9-19-20(10-11)17(21)16-12-5-1-3-7-14(12)22-15-8-4-2-6-13(15)16;1-10-3-8-14(21-10)9-16-18-15(20)12-4-6-13(7-5-12)17-11(2)19;1-9-5-6-12(18-9)8-15-16-13(17)10-3-2-4-11(14)7-10/h5-7,9-11H,1,8H2,2-4H3;1-13H,(H,21,23)(H,22,24);3-11H,12H2,1-2H3,(H,19,22)(H,21,23);1-10,16H;3-9H,1-2H3,(H,17,19)(H,18,20);2-8H,1H3,(H,16,17)/b17-11+;20-13+;10-9-,20-13+;;16-9+;15-8+. The van der Waals surface area contributed by atoms with Gasteiger partial charge in [-0.15, -0.1) is 6.58 Å². The molecule has 0 fully saturated rings. The van der Waals surface area contributed by atoms with Gasteiger partial charge in [0.25, 0.3) is 52.9 Å². The normalized spacial score (nSPS) is 12.2. The summed E-state index contributed by atoms with van der Waals surface area (Å²) in [5, 5.41) is 48.6. The lowest BCUT2D eigenvalue weighted by Gasteiger charge is -2.26. The number of ether oxygens (including phenoxy) is 2. The Kier molecular flexibility index (Phi) is 37.8. The summed E-state index contributed by atoms with van der Waals surface area (Å²) >= 11 is 8.04. The predicted octanol–water partition coefficient (Wildman–Crippen LogP) is 18.9. The number of rotatable bonds is 25. The van der Waals surface area contributed by atoms with Gasteiger partial charge in [0.15, 0.2) is 0 Å². The van der Waals surface area contributed by atoms with Crippen molar-refractivity contribution >= 4 is 147 Å². The topological polar surface area (TPSA) is 476 Å². The van der Waals surface area contributed by atoms with Gasteiger partial charge >= 0.3 is 0 Å². The predicted molar refractivity (Wildman–Crippen MR) is 542 cm³/mol. The number of nitriles is 1. The van der Waals surface area contributed by atoms with E-state index in [-0.39, 0.29) is 76.6 Å². The molecule has 16 rings (SSSR count). The third-order valence-corrected chi connectivity index (χ3v) is 21.0. The number of para-hydroxylation sites is 2. The second kappa shape index (κ2) is 51.5. The highest BCUT2D eigenvalue weighted by Crippen LogP contribution is 2.45. The van der Waals surface area contributed by atoms with Crippen LogP contribution in [0.15, 0.2) is 352 Å². The summed E-state index contributed by atoms with van der Waals surface area (Å²) in [7, 11) is 1.59. The summed E-state index contributed by atoms with van der Waals surface area (Å²) in [6.07, 6.45) is 15.9.